The first kappa shape index (κ1) is 13.8. The molecule has 0 radical (unpaired) electrons. The van der Waals surface area contributed by atoms with Crippen molar-refractivity contribution in [2.75, 3.05) is 6.26 Å². The molecule has 0 bridgehead atoms. The Hall–Kier alpha value is -1.66. The number of hydrogen-bond donors (Lipinski definition) is 1. The molecule has 1 N–H and O–H groups in total. The maximum atomic E-state index is 11.3. The van der Waals surface area contributed by atoms with Crippen molar-refractivity contribution in [3.8, 4) is 0 Å². The summed E-state index contributed by atoms with van der Waals surface area (Å²) in [5.74, 6) is 0. The van der Waals surface area contributed by atoms with E-state index in [4.69, 9.17) is 0 Å². The summed E-state index contributed by atoms with van der Waals surface area (Å²) in [6.45, 7) is 1.43. The minimum absolute atomic E-state index is 0.350. The Kier molecular flexibility index (Phi) is 4.01. The largest absolute Gasteiger partial charge is 0.309 e. The van der Waals surface area contributed by atoms with Crippen molar-refractivity contribution in [1.82, 2.24) is 15.1 Å². The Morgan fingerprint density at radius 3 is 2.32 bits per heavy atom. The Morgan fingerprint density at radius 1 is 1.16 bits per heavy atom. The molecule has 1 aromatic carbocycles. The standard InChI is InChI=1S/C13H17N3O2S/c1-16-10-12(9-15-16)8-14-7-11-3-5-13(6-4-11)19(2,17)18/h3-6,9-10,14H,7-8H2,1-2H3. The van der Waals surface area contributed by atoms with E-state index in [-0.39, 0.29) is 0 Å². The zero-order valence-corrected chi connectivity index (χ0v) is 11.8. The fourth-order valence-corrected chi connectivity index (χ4v) is 2.40. The third-order valence-electron chi connectivity index (χ3n) is 2.77. The minimum atomic E-state index is -3.11. The van der Waals surface area contributed by atoms with Gasteiger partial charge < -0.3 is 5.32 Å². The lowest BCUT2D eigenvalue weighted by Gasteiger charge is -2.04. The highest BCUT2D eigenvalue weighted by Gasteiger charge is 2.05. The van der Waals surface area contributed by atoms with Crippen LogP contribution >= 0.6 is 0 Å². The fraction of sp³-hybridized carbons (Fsp3) is 0.308. The van der Waals surface area contributed by atoms with Gasteiger partial charge in [0.1, 0.15) is 0 Å². The van der Waals surface area contributed by atoms with E-state index in [1.807, 2.05) is 31.6 Å². The van der Waals surface area contributed by atoms with Crippen LogP contribution in [0.3, 0.4) is 0 Å². The Labute approximate surface area is 113 Å². The Balaban J connectivity index is 1.90. The van der Waals surface area contributed by atoms with Crippen molar-refractivity contribution in [3.05, 3.63) is 47.8 Å². The molecule has 0 aliphatic rings. The molecule has 102 valence electrons. The highest BCUT2D eigenvalue weighted by molar-refractivity contribution is 7.90. The zero-order valence-electron chi connectivity index (χ0n) is 11.0. The van der Waals surface area contributed by atoms with Gasteiger partial charge in [0.05, 0.1) is 11.1 Å². The maximum absolute atomic E-state index is 11.3. The fourth-order valence-electron chi connectivity index (χ4n) is 1.77. The monoisotopic (exact) mass is 279 g/mol. The van der Waals surface area contributed by atoms with Crippen LogP contribution in [-0.4, -0.2) is 24.5 Å². The molecule has 0 aliphatic carbocycles. The summed E-state index contributed by atoms with van der Waals surface area (Å²) < 4.78 is 24.4. The predicted octanol–water partition coefficient (Wildman–Crippen LogP) is 1.11. The summed E-state index contributed by atoms with van der Waals surface area (Å²) >= 11 is 0. The van der Waals surface area contributed by atoms with E-state index in [1.165, 1.54) is 6.26 Å². The maximum Gasteiger partial charge on any atom is 0.175 e. The van der Waals surface area contributed by atoms with Crippen LogP contribution in [0.15, 0.2) is 41.6 Å². The molecule has 0 aliphatic heterocycles. The first-order valence-corrected chi connectivity index (χ1v) is 7.81. The van der Waals surface area contributed by atoms with Gasteiger partial charge in [0.2, 0.25) is 0 Å². The molecule has 1 aromatic heterocycles. The SMILES string of the molecule is Cn1cc(CNCc2ccc(S(C)(=O)=O)cc2)cn1. The van der Waals surface area contributed by atoms with Gasteiger partial charge in [0, 0.05) is 38.2 Å². The average Bonchev–Trinajstić information content (AvgIpc) is 2.75. The van der Waals surface area contributed by atoms with Crippen molar-refractivity contribution < 1.29 is 8.42 Å². The van der Waals surface area contributed by atoms with Gasteiger partial charge in [-0.05, 0) is 17.7 Å². The molecule has 0 amide bonds. The summed E-state index contributed by atoms with van der Waals surface area (Å²) in [5, 5.41) is 7.38. The number of nitrogens with zero attached hydrogens (tertiary/aromatic N) is 2. The van der Waals surface area contributed by atoms with E-state index in [1.54, 1.807) is 16.8 Å². The highest BCUT2D eigenvalue weighted by Crippen LogP contribution is 2.10. The van der Waals surface area contributed by atoms with Crippen LogP contribution in [0, 0.1) is 0 Å². The molecule has 0 atom stereocenters. The lowest BCUT2D eigenvalue weighted by atomic mass is 10.2. The summed E-state index contributed by atoms with van der Waals surface area (Å²) in [6, 6.07) is 6.92. The molecule has 2 aromatic rings. The van der Waals surface area contributed by atoms with E-state index >= 15 is 0 Å². The second-order valence-electron chi connectivity index (χ2n) is 4.54. The lowest BCUT2D eigenvalue weighted by Crippen LogP contribution is -2.12. The number of benzene rings is 1. The molecular formula is C13H17N3O2S. The Bertz CT molecular complexity index is 645. The number of aromatic nitrogens is 2. The smallest absolute Gasteiger partial charge is 0.175 e. The first-order chi connectivity index (χ1) is 8.95. The van der Waals surface area contributed by atoms with Gasteiger partial charge in [-0.3, -0.25) is 4.68 Å². The van der Waals surface area contributed by atoms with Gasteiger partial charge in [-0.25, -0.2) is 8.42 Å². The number of sulfone groups is 1. The second-order valence-corrected chi connectivity index (χ2v) is 6.56. The molecular weight excluding hydrogens is 262 g/mol. The van der Waals surface area contributed by atoms with Crippen LogP contribution < -0.4 is 5.32 Å². The number of hydrogen-bond acceptors (Lipinski definition) is 4. The van der Waals surface area contributed by atoms with E-state index in [0.29, 0.717) is 11.4 Å². The lowest BCUT2D eigenvalue weighted by molar-refractivity contribution is 0.602. The van der Waals surface area contributed by atoms with Crippen molar-refractivity contribution in [3.63, 3.8) is 0 Å². The van der Waals surface area contributed by atoms with Gasteiger partial charge in [-0.2, -0.15) is 5.10 Å². The van der Waals surface area contributed by atoms with Crippen LogP contribution in [0.25, 0.3) is 0 Å². The van der Waals surface area contributed by atoms with E-state index in [9.17, 15) is 8.42 Å². The van der Waals surface area contributed by atoms with Crippen molar-refractivity contribution in [2.24, 2.45) is 7.05 Å². The van der Waals surface area contributed by atoms with E-state index in [2.05, 4.69) is 10.4 Å². The molecule has 5 nitrogen and oxygen atoms in total. The van der Waals surface area contributed by atoms with Gasteiger partial charge in [0.15, 0.2) is 9.84 Å². The summed E-state index contributed by atoms with van der Waals surface area (Å²) in [7, 11) is -1.23. The van der Waals surface area contributed by atoms with Crippen molar-refractivity contribution in [1.29, 1.82) is 0 Å². The van der Waals surface area contributed by atoms with Crippen LogP contribution in [-0.2, 0) is 30.0 Å². The summed E-state index contributed by atoms with van der Waals surface area (Å²) in [6.07, 6.45) is 4.99. The first-order valence-electron chi connectivity index (χ1n) is 5.92. The molecule has 1 heterocycles. The quantitative estimate of drug-likeness (QED) is 0.890. The van der Waals surface area contributed by atoms with Gasteiger partial charge >= 0.3 is 0 Å². The minimum Gasteiger partial charge on any atom is -0.309 e. The van der Waals surface area contributed by atoms with Gasteiger partial charge in [-0.15, -0.1) is 0 Å². The number of nitrogens with one attached hydrogen (secondary N) is 1. The highest BCUT2D eigenvalue weighted by atomic mass is 32.2. The average molecular weight is 279 g/mol. The predicted molar refractivity (Wildman–Crippen MR) is 73.3 cm³/mol. The number of aryl methyl sites for hydroxylation is 1. The van der Waals surface area contributed by atoms with Crippen molar-refractivity contribution in [2.45, 2.75) is 18.0 Å². The van der Waals surface area contributed by atoms with Crippen LogP contribution in [0.1, 0.15) is 11.1 Å². The third-order valence-corrected chi connectivity index (χ3v) is 3.90. The van der Waals surface area contributed by atoms with Gasteiger partial charge in [0.25, 0.3) is 0 Å². The number of rotatable bonds is 5. The molecule has 0 unspecified atom stereocenters. The molecule has 0 saturated carbocycles. The molecule has 2 rings (SSSR count). The molecule has 0 spiro atoms. The zero-order chi connectivity index (χ0) is 13.9. The molecule has 0 fully saturated rings. The molecule has 19 heavy (non-hydrogen) atoms. The van der Waals surface area contributed by atoms with Crippen molar-refractivity contribution >= 4 is 9.84 Å². The summed E-state index contributed by atoms with van der Waals surface area (Å²) in [4.78, 5) is 0.350. The second kappa shape index (κ2) is 5.54. The molecule has 6 heteroatoms. The van der Waals surface area contributed by atoms with Crippen LogP contribution in [0.4, 0.5) is 0 Å². The third kappa shape index (κ3) is 3.90. The Morgan fingerprint density at radius 2 is 1.79 bits per heavy atom. The van der Waals surface area contributed by atoms with E-state index < -0.39 is 9.84 Å². The van der Waals surface area contributed by atoms with Crippen LogP contribution in [0.2, 0.25) is 0 Å². The van der Waals surface area contributed by atoms with Crippen LogP contribution in [0.5, 0.6) is 0 Å². The normalized spacial score (nSPS) is 11.7. The van der Waals surface area contributed by atoms with E-state index in [0.717, 1.165) is 17.7 Å². The van der Waals surface area contributed by atoms with Gasteiger partial charge in [-0.1, -0.05) is 12.1 Å². The topological polar surface area (TPSA) is 64.0 Å². The molecule has 0 saturated heterocycles. The summed E-state index contributed by atoms with van der Waals surface area (Å²) in [5.41, 5.74) is 2.17.